The van der Waals surface area contributed by atoms with E-state index in [0.717, 1.165) is 50.2 Å². The lowest BCUT2D eigenvalue weighted by atomic mass is 10.0. The quantitative estimate of drug-likeness (QED) is 0.784. The zero-order valence-electron chi connectivity index (χ0n) is 17.5. The Morgan fingerprint density at radius 1 is 0.857 bits per heavy atom. The molecule has 4 amide bonds. The van der Waals surface area contributed by atoms with Crippen LogP contribution in [0, 0.1) is 13.8 Å². The van der Waals surface area contributed by atoms with Gasteiger partial charge in [0.2, 0.25) is 0 Å². The zero-order valence-corrected chi connectivity index (χ0v) is 17.5. The molecule has 2 fully saturated rings. The van der Waals surface area contributed by atoms with Gasteiger partial charge >= 0.3 is 12.1 Å². The van der Waals surface area contributed by atoms with Crippen molar-refractivity contribution in [3.8, 4) is 0 Å². The van der Waals surface area contributed by atoms with Crippen LogP contribution < -0.4 is 10.6 Å². The molecule has 2 atom stereocenters. The maximum Gasteiger partial charge on any atom is 0.322 e. The molecule has 2 aliphatic heterocycles. The fraction of sp³-hybridized carbons (Fsp3) is 0.667. The Bertz CT molecular complexity index is 679. The third kappa shape index (κ3) is 4.56. The molecule has 3 heterocycles. The monoisotopic (exact) mass is 387 g/mol. The highest BCUT2D eigenvalue weighted by molar-refractivity contribution is 5.94. The summed E-state index contributed by atoms with van der Waals surface area (Å²) in [5, 5.41) is 6.00. The highest BCUT2D eigenvalue weighted by Crippen LogP contribution is 2.25. The van der Waals surface area contributed by atoms with Gasteiger partial charge in [-0.2, -0.15) is 0 Å². The molecule has 0 spiro atoms. The minimum atomic E-state index is -0.0946. The molecule has 1 aromatic rings. The minimum absolute atomic E-state index is 0.0946. The molecule has 7 nitrogen and oxygen atoms in total. The van der Waals surface area contributed by atoms with Crippen molar-refractivity contribution in [1.29, 1.82) is 0 Å². The number of hydrogen-bond donors (Lipinski definition) is 2. The minimum Gasteiger partial charge on any atom is -0.322 e. The molecular weight excluding hydrogens is 354 g/mol. The van der Waals surface area contributed by atoms with E-state index in [4.69, 9.17) is 0 Å². The number of hydrogen-bond acceptors (Lipinski definition) is 3. The maximum atomic E-state index is 12.7. The fourth-order valence-corrected chi connectivity index (χ4v) is 4.15. The number of carbonyl (C=O) groups excluding carboxylic acids is 2. The largest absolute Gasteiger partial charge is 0.322 e. The number of aryl methyl sites for hydroxylation is 2. The van der Waals surface area contributed by atoms with Gasteiger partial charge in [0.15, 0.2) is 0 Å². The summed E-state index contributed by atoms with van der Waals surface area (Å²) >= 11 is 0. The Kier molecular flexibility index (Phi) is 6.42. The number of likely N-dealkylation sites (tertiary alicyclic amines) is 2. The van der Waals surface area contributed by atoms with Gasteiger partial charge in [-0.05, 0) is 72.3 Å². The summed E-state index contributed by atoms with van der Waals surface area (Å²) in [5.41, 5.74) is 2.80. The Balaban J connectivity index is 1.73. The maximum absolute atomic E-state index is 12.7. The van der Waals surface area contributed by atoms with Crippen LogP contribution in [0.4, 0.5) is 21.0 Å². The molecule has 0 saturated carbocycles. The summed E-state index contributed by atoms with van der Waals surface area (Å²) in [6.45, 7) is 9.49. The number of urea groups is 2. The third-order valence-electron chi connectivity index (χ3n) is 6.01. The number of nitrogens with one attached hydrogen (secondary N) is 2. The smallest absolute Gasteiger partial charge is 0.322 e. The van der Waals surface area contributed by atoms with Gasteiger partial charge in [-0.25, -0.2) is 9.59 Å². The van der Waals surface area contributed by atoms with Crippen LogP contribution >= 0.6 is 0 Å². The van der Waals surface area contributed by atoms with Crippen LogP contribution in [0.3, 0.4) is 0 Å². The third-order valence-corrected chi connectivity index (χ3v) is 6.01. The second-order valence-corrected chi connectivity index (χ2v) is 8.19. The number of aromatic nitrogens is 1. The first-order valence-corrected chi connectivity index (χ1v) is 10.5. The number of amides is 4. The first-order valence-electron chi connectivity index (χ1n) is 10.5. The summed E-state index contributed by atoms with van der Waals surface area (Å²) in [4.78, 5) is 33.8. The summed E-state index contributed by atoms with van der Waals surface area (Å²) in [7, 11) is 0. The van der Waals surface area contributed by atoms with E-state index >= 15 is 0 Å². The lowest BCUT2D eigenvalue weighted by Gasteiger charge is -2.34. The van der Waals surface area contributed by atoms with Gasteiger partial charge in [-0.3, -0.25) is 4.98 Å². The van der Waals surface area contributed by atoms with Crippen molar-refractivity contribution in [2.75, 3.05) is 23.7 Å². The van der Waals surface area contributed by atoms with Gasteiger partial charge in [0.25, 0.3) is 0 Å². The lowest BCUT2D eigenvalue weighted by molar-refractivity contribution is 0.170. The number of rotatable bonds is 2. The fourth-order valence-electron chi connectivity index (χ4n) is 4.15. The SMILES string of the molecule is Cc1nc(C)c(NC(=O)N2CCCCC2C)cc1NC(=O)N1CCCCC1C. The van der Waals surface area contributed by atoms with E-state index in [1.165, 1.54) is 12.8 Å². The molecular formula is C21H33N5O2. The van der Waals surface area contributed by atoms with E-state index in [0.29, 0.717) is 11.4 Å². The molecule has 154 valence electrons. The Labute approximate surface area is 167 Å². The van der Waals surface area contributed by atoms with Crippen molar-refractivity contribution in [2.45, 2.75) is 78.3 Å². The van der Waals surface area contributed by atoms with Crippen molar-refractivity contribution >= 4 is 23.4 Å². The molecule has 0 radical (unpaired) electrons. The molecule has 0 bridgehead atoms. The Morgan fingerprint density at radius 2 is 1.29 bits per heavy atom. The lowest BCUT2D eigenvalue weighted by Crippen LogP contribution is -2.45. The standard InChI is InChI=1S/C21H33N5O2/c1-14-9-5-7-11-25(14)20(27)23-18-13-19(17(4)22-16(18)3)24-21(28)26-12-8-6-10-15(26)2/h13-15H,5-12H2,1-4H3,(H,23,27)(H,24,28). The number of anilines is 2. The van der Waals surface area contributed by atoms with E-state index in [1.807, 2.05) is 29.7 Å². The Morgan fingerprint density at radius 3 is 1.68 bits per heavy atom. The topological polar surface area (TPSA) is 77.6 Å². The summed E-state index contributed by atoms with van der Waals surface area (Å²) in [6, 6.07) is 2.13. The highest BCUT2D eigenvalue weighted by Gasteiger charge is 2.25. The predicted octanol–water partition coefficient (Wildman–Crippen LogP) is 4.51. The normalized spacial score (nSPS) is 22.7. The van der Waals surface area contributed by atoms with E-state index < -0.39 is 0 Å². The highest BCUT2D eigenvalue weighted by atomic mass is 16.2. The number of piperidine rings is 2. The van der Waals surface area contributed by atoms with Crippen molar-refractivity contribution in [3.63, 3.8) is 0 Å². The molecule has 2 saturated heterocycles. The van der Waals surface area contributed by atoms with Crippen LogP contribution in [0.2, 0.25) is 0 Å². The molecule has 2 N–H and O–H groups in total. The zero-order chi connectivity index (χ0) is 20.3. The van der Waals surface area contributed by atoms with E-state index in [-0.39, 0.29) is 24.1 Å². The van der Waals surface area contributed by atoms with E-state index in [2.05, 4.69) is 29.5 Å². The van der Waals surface area contributed by atoms with Crippen LogP contribution in [0.5, 0.6) is 0 Å². The molecule has 3 rings (SSSR count). The molecule has 0 aromatic carbocycles. The first kappa shape index (κ1) is 20.4. The molecule has 28 heavy (non-hydrogen) atoms. The average molecular weight is 388 g/mol. The van der Waals surface area contributed by atoms with Gasteiger partial charge in [0.05, 0.1) is 22.8 Å². The van der Waals surface area contributed by atoms with Gasteiger partial charge in [-0.15, -0.1) is 0 Å². The van der Waals surface area contributed by atoms with Crippen molar-refractivity contribution < 1.29 is 9.59 Å². The van der Waals surface area contributed by atoms with Crippen LogP contribution in [-0.2, 0) is 0 Å². The molecule has 2 aliphatic rings. The van der Waals surface area contributed by atoms with Crippen LogP contribution in [0.15, 0.2) is 6.07 Å². The van der Waals surface area contributed by atoms with Gasteiger partial charge < -0.3 is 20.4 Å². The van der Waals surface area contributed by atoms with E-state index in [9.17, 15) is 9.59 Å². The summed E-state index contributed by atoms with van der Waals surface area (Å²) < 4.78 is 0. The Hall–Kier alpha value is -2.31. The first-order chi connectivity index (χ1) is 13.4. The summed E-state index contributed by atoms with van der Waals surface area (Å²) in [5.74, 6) is 0. The predicted molar refractivity (Wildman–Crippen MR) is 112 cm³/mol. The molecule has 7 heteroatoms. The van der Waals surface area contributed by atoms with E-state index in [1.54, 1.807) is 0 Å². The van der Waals surface area contributed by atoms with Crippen LogP contribution in [0.1, 0.15) is 63.8 Å². The number of carbonyl (C=O) groups is 2. The van der Waals surface area contributed by atoms with Crippen molar-refractivity contribution in [1.82, 2.24) is 14.8 Å². The van der Waals surface area contributed by atoms with Crippen LogP contribution in [0.25, 0.3) is 0 Å². The van der Waals surface area contributed by atoms with Crippen molar-refractivity contribution in [3.05, 3.63) is 17.5 Å². The second kappa shape index (κ2) is 8.80. The second-order valence-electron chi connectivity index (χ2n) is 8.19. The molecule has 2 unspecified atom stereocenters. The average Bonchev–Trinajstić information content (AvgIpc) is 2.66. The van der Waals surface area contributed by atoms with Gasteiger partial charge in [0, 0.05) is 25.2 Å². The summed E-state index contributed by atoms with van der Waals surface area (Å²) in [6.07, 6.45) is 6.49. The van der Waals surface area contributed by atoms with Crippen molar-refractivity contribution in [2.24, 2.45) is 0 Å². The van der Waals surface area contributed by atoms with Crippen LogP contribution in [-0.4, -0.2) is 52.0 Å². The number of nitrogens with zero attached hydrogens (tertiary/aromatic N) is 3. The molecule has 0 aliphatic carbocycles. The van der Waals surface area contributed by atoms with Gasteiger partial charge in [-0.1, -0.05) is 0 Å². The number of pyridine rings is 1. The molecule has 1 aromatic heterocycles. The van der Waals surface area contributed by atoms with Gasteiger partial charge in [0.1, 0.15) is 0 Å².